The molecular formula is C35H31Cl3N8O6S3. The average Bonchev–Trinajstić information content (AvgIpc) is 3.66. The highest BCUT2D eigenvalue weighted by molar-refractivity contribution is 7.81. The predicted octanol–water partition coefficient (Wildman–Crippen LogP) is 8.12. The van der Waals surface area contributed by atoms with Crippen molar-refractivity contribution < 1.29 is 29.0 Å². The predicted molar refractivity (Wildman–Crippen MR) is 219 cm³/mol. The van der Waals surface area contributed by atoms with E-state index in [1.165, 1.54) is 37.7 Å². The van der Waals surface area contributed by atoms with Crippen molar-refractivity contribution in [3.8, 4) is 12.1 Å². The molecule has 0 aromatic carbocycles. The Morgan fingerprint density at radius 2 is 1.16 bits per heavy atom. The van der Waals surface area contributed by atoms with Crippen LogP contribution >= 0.6 is 70.1 Å². The number of nitrogens with zero attached hydrogens (tertiary/aromatic N) is 6. The number of fused-ring (bicyclic) bond motifs is 2. The molecule has 0 bridgehead atoms. The van der Waals surface area contributed by atoms with Crippen LogP contribution in [0.15, 0.2) is 48.5 Å². The van der Waals surface area contributed by atoms with E-state index in [4.69, 9.17) is 61.9 Å². The lowest BCUT2D eigenvalue weighted by Gasteiger charge is -1.95. The van der Waals surface area contributed by atoms with Gasteiger partial charge in [-0.2, -0.15) is 23.2 Å². The van der Waals surface area contributed by atoms with Crippen molar-refractivity contribution in [3.63, 3.8) is 0 Å². The van der Waals surface area contributed by atoms with Crippen LogP contribution in [0.2, 0.25) is 15.5 Å². The number of pyridine rings is 4. The number of hydrogen-bond donors (Lipinski definition) is 4. The number of halogens is 3. The van der Waals surface area contributed by atoms with Crippen LogP contribution < -0.4 is 11.5 Å². The first-order valence-corrected chi connectivity index (χ1v) is 18.5. The number of thiol groups is 1. The first kappa shape index (κ1) is 45.9. The summed E-state index contributed by atoms with van der Waals surface area (Å²) in [5.41, 5.74) is 15.6. The number of carboxylic acid groups (broad SMARTS) is 1. The number of aromatic carboxylic acids is 1. The number of methoxy groups -OCH3 is 2. The van der Waals surface area contributed by atoms with Crippen molar-refractivity contribution in [3.05, 3.63) is 102 Å². The van der Waals surface area contributed by atoms with E-state index in [0.29, 0.717) is 37.4 Å². The third-order valence-electron chi connectivity index (χ3n) is 6.43. The molecule has 0 aliphatic heterocycles. The second kappa shape index (κ2) is 22.2. The van der Waals surface area contributed by atoms with Gasteiger partial charge < -0.3 is 26.0 Å². The number of carbonyl (C=O) groups is 3. The van der Waals surface area contributed by atoms with E-state index in [1.807, 2.05) is 51.1 Å². The average molecular weight is 862 g/mol. The Morgan fingerprint density at radius 3 is 1.56 bits per heavy atom. The van der Waals surface area contributed by atoms with Crippen LogP contribution in [0, 0.1) is 43.4 Å². The summed E-state index contributed by atoms with van der Waals surface area (Å²) in [4.78, 5) is 50.1. The second-order valence-corrected chi connectivity index (χ2v) is 13.7. The first-order valence-electron chi connectivity index (χ1n) is 15.1. The number of thiophene rings is 2. The van der Waals surface area contributed by atoms with Gasteiger partial charge >= 0.3 is 17.9 Å². The standard InChI is InChI=1S/C10H10N2O2S.C9H8N2O2S.C7H5ClN2.C6H2Cl2N2.C3H6O2S/c1-5-3-4-6-7(11)8(10(13)14-2)15-9(6)12-5;1-4-2-3-5-6(10)7(9(12)13)14-8(5)11-4;1-5-2-3-6(4-9)7(8)10-5;7-5-2-1-4(3-9)6(8)10-5;1-5-3(4)2-6/h3-4H,11H2,1-2H3;2-3H,10H2,1H3,(H,12,13);2-3H,1H3;1-2H;6H,2H2,1H3. The highest BCUT2D eigenvalue weighted by Gasteiger charge is 2.17. The lowest BCUT2D eigenvalue weighted by atomic mass is 10.2. The second-order valence-electron chi connectivity index (χ2n) is 10.3. The lowest BCUT2D eigenvalue weighted by Crippen LogP contribution is -2.01. The summed E-state index contributed by atoms with van der Waals surface area (Å²) in [6.07, 6.45) is 0. The Morgan fingerprint density at radius 1 is 0.727 bits per heavy atom. The molecule has 0 saturated carbocycles. The van der Waals surface area contributed by atoms with E-state index in [1.54, 1.807) is 18.2 Å². The number of carbonyl (C=O) groups excluding carboxylic acids is 2. The van der Waals surface area contributed by atoms with Crippen LogP contribution in [0.4, 0.5) is 11.4 Å². The highest BCUT2D eigenvalue weighted by atomic mass is 35.5. The Hall–Kier alpha value is -5.27. The smallest absolute Gasteiger partial charge is 0.350 e. The number of hydrogen-bond acceptors (Lipinski definition) is 16. The maximum absolute atomic E-state index is 11.4. The van der Waals surface area contributed by atoms with Gasteiger partial charge in [0.15, 0.2) is 0 Å². The largest absolute Gasteiger partial charge is 0.477 e. The minimum Gasteiger partial charge on any atom is -0.477 e. The number of nitriles is 2. The van der Waals surface area contributed by atoms with Crippen molar-refractivity contribution >= 4 is 120 Å². The van der Waals surface area contributed by atoms with Gasteiger partial charge in [0.2, 0.25) is 0 Å². The van der Waals surface area contributed by atoms with Crippen LogP contribution in [0.3, 0.4) is 0 Å². The third kappa shape index (κ3) is 13.5. The molecule has 0 aliphatic rings. The summed E-state index contributed by atoms with van der Waals surface area (Å²) < 4.78 is 8.82. The van der Waals surface area contributed by atoms with E-state index in [9.17, 15) is 14.4 Å². The molecule has 0 saturated heterocycles. The zero-order chi connectivity index (χ0) is 41.4. The van der Waals surface area contributed by atoms with Gasteiger partial charge in [0.05, 0.1) is 42.5 Å². The van der Waals surface area contributed by atoms with Crippen molar-refractivity contribution in [1.82, 2.24) is 19.9 Å². The Kier molecular flexibility index (Phi) is 18.5. The van der Waals surface area contributed by atoms with E-state index >= 15 is 0 Å². The maximum atomic E-state index is 11.4. The minimum absolute atomic E-state index is 0.148. The fourth-order valence-electron chi connectivity index (χ4n) is 3.75. The van der Waals surface area contributed by atoms with E-state index in [-0.39, 0.29) is 26.9 Å². The number of esters is 2. The fourth-order valence-corrected chi connectivity index (χ4v) is 6.54. The fraction of sp³-hybridized carbons (Fsp3) is 0.171. The van der Waals surface area contributed by atoms with Crippen LogP contribution in [0.25, 0.3) is 20.4 Å². The van der Waals surface area contributed by atoms with Gasteiger partial charge in [-0.1, -0.05) is 34.8 Å². The van der Waals surface area contributed by atoms with Gasteiger partial charge in [0.25, 0.3) is 0 Å². The van der Waals surface area contributed by atoms with Crippen molar-refractivity contribution in [2.24, 2.45) is 0 Å². The Balaban J connectivity index is 0.000000245. The van der Waals surface area contributed by atoms with Crippen molar-refractivity contribution in [1.29, 1.82) is 10.5 Å². The maximum Gasteiger partial charge on any atom is 0.350 e. The summed E-state index contributed by atoms with van der Waals surface area (Å²) in [6, 6.07) is 17.6. The van der Waals surface area contributed by atoms with E-state index in [0.717, 1.165) is 44.0 Å². The summed E-state index contributed by atoms with van der Waals surface area (Å²) in [5, 5.41) is 27.9. The van der Waals surface area contributed by atoms with Crippen molar-refractivity contribution in [2.75, 3.05) is 31.4 Å². The van der Waals surface area contributed by atoms with Gasteiger partial charge in [-0.25, -0.2) is 29.5 Å². The molecule has 5 N–H and O–H groups in total. The SMILES string of the molecule is COC(=O)CS.COC(=O)c1sc2nc(C)ccc2c1N.Cc1ccc(C#N)c(Cl)n1.Cc1ccc2c(N)c(C(=O)O)sc2n1.N#Cc1ccc(Cl)nc1Cl. The molecule has 20 heteroatoms. The third-order valence-corrected chi connectivity index (χ3v) is 9.67. The molecule has 0 radical (unpaired) electrons. The Bertz CT molecular complexity index is 2340. The van der Waals surface area contributed by atoms with Gasteiger partial charge in [-0.15, -0.1) is 22.7 Å². The molecule has 6 rings (SSSR count). The molecule has 55 heavy (non-hydrogen) atoms. The molecule has 0 spiro atoms. The molecule has 14 nitrogen and oxygen atoms in total. The molecule has 0 amide bonds. The topological polar surface area (TPSA) is 241 Å². The van der Waals surface area contributed by atoms with Crippen LogP contribution in [0.1, 0.15) is 47.6 Å². The summed E-state index contributed by atoms with van der Waals surface area (Å²) in [5.74, 6) is -1.54. The molecule has 286 valence electrons. The number of carboxylic acids is 1. The molecule has 0 fully saturated rings. The van der Waals surface area contributed by atoms with Crippen LogP contribution in [-0.2, 0) is 14.3 Å². The van der Waals surface area contributed by atoms with E-state index < -0.39 is 11.9 Å². The lowest BCUT2D eigenvalue weighted by molar-refractivity contribution is -0.137. The van der Waals surface area contributed by atoms with Gasteiger partial charge in [0.1, 0.15) is 47.0 Å². The Labute approximate surface area is 343 Å². The number of rotatable bonds is 3. The normalized spacial score (nSPS) is 9.65. The summed E-state index contributed by atoms with van der Waals surface area (Å²) >= 11 is 22.6. The molecular weight excluding hydrogens is 831 g/mol. The molecule has 6 aromatic heterocycles. The van der Waals surface area contributed by atoms with Crippen LogP contribution in [0.5, 0.6) is 0 Å². The summed E-state index contributed by atoms with van der Waals surface area (Å²) in [7, 11) is 2.67. The van der Waals surface area contributed by atoms with Crippen LogP contribution in [-0.4, -0.2) is 62.9 Å². The zero-order valence-electron chi connectivity index (χ0n) is 29.5. The quantitative estimate of drug-likeness (QED) is 0.0746. The number of aryl methyl sites for hydroxylation is 3. The monoisotopic (exact) mass is 860 g/mol. The number of anilines is 2. The molecule has 0 aliphatic carbocycles. The molecule has 0 unspecified atom stereocenters. The minimum atomic E-state index is -0.997. The molecule has 0 atom stereocenters. The summed E-state index contributed by atoms with van der Waals surface area (Å²) in [6.45, 7) is 5.58. The first-order chi connectivity index (χ1) is 26.0. The number of aromatic nitrogens is 4. The van der Waals surface area contributed by atoms with Crippen molar-refractivity contribution in [2.45, 2.75) is 20.8 Å². The number of nitrogens with two attached hydrogens (primary N) is 2. The van der Waals surface area contributed by atoms with Gasteiger partial charge in [-0.05, 0) is 69.3 Å². The number of nitrogen functional groups attached to an aromatic ring is 2. The zero-order valence-corrected chi connectivity index (χ0v) is 34.3. The molecule has 6 heterocycles. The van der Waals surface area contributed by atoms with Gasteiger partial charge in [0, 0.05) is 27.9 Å². The van der Waals surface area contributed by atoms with Gasteiger partial charge in [-0.3, -0.25) is 4.79 Å². The number of ether oxygens (including phenoxy) is 2. The van der Waals surface area contributed by atoms with E-state index in [2.05, 4.69) is 42.0 Å². The molecule has 6 aromatic rings. The highest BCUT2D eigenvalue weighted by Crippen LogP contribution is 2.33.